The van der Waals surface area contributed by atoms with Crippen molar-refractivity contribution in [2.75, 3.05) is 11.5 Å². The standard InChI is InChI=1S/C11H16OS/c1-2-13-9-11(12)8-10-6-4-3-5-7-10/h3-7,11-12H,2,8-9H2,1H3. The van der Waals surface area contributed by atoms with E-state index in [0.29, 0.717) is 0 Å². The van der Waals surface area contributed by atoms with Crippen LogP contribution in [0.5, 0.6) is 0 Å². The second kappa shape index (κ2) is 6.06. The fourth-order valence-electron chi connectivity index (χ4n) is 1.20. The van der Waals surface area contributed by atoms with Crippen LogP contribution in [-0.2, 0) is 6.42 Å². The van der Waals surface area contributed by atoms with Crippen molar-refractivity contribution in [2.24, 2.45) is 0 Å². The summed E-state index contributed by atoms with van der Waals surface area (Å²) in [5.41, 5.74) is 1.21. The van der Waals surface area contributed by atoms with Gasteiger partial charge in [0.15, 0.2) is 0 Å². The van der Waals surface area contributed by atoms with Crippen LogP contribution >= 0.6 is 11.8 Å². The van der Waals surface area contributed by atoms with Gasteiger partial charge >= 0.3 is 0 Å². The lowest BCUT2D eigenvalue weighted by Crippen LogP contribution is -2.13. The van der Waals surface area contributed by atoms with Crippen LogP contribution in [-0.4, -0.2) is 22.7 Å². The lowest BCUT2D eigenvalue weighted by atomic mass is 10.1. The molecule has 0 heterocycles. The number of benzene rings is 1. The van der Waals surface area contributed by atoms with E-state index >= 15 is 0 Å². The van der Waals surface area contributed by atoms with Crippen molar-refractivity contribution in [3.8, 4) is 0 Å². The summed E-state index contributed by atoms with van der Waals surface area (Å²) < 4.78 is 0. The summed E-state index contributed by atoms with van der Waals surface area (Å²) in [7, 11) is 0. The van der Waals surface area contributed by atoms with Gasteiger partial charge in [0.2, 0.25) is 0 Å². The minimum atomic E-state index is -0.202. The lowest BCUT2D eigenvalue weighted by molar-refractivity contribution is 0.200. The molecular weight excluding hydrogens is 180 g/mol. The van der Waals surface area contributed by atoms with Crippen LogP contribution in [0, 0.1) is 0 Å². The summed E-state index contributed by atoms with van der Waals surface area (Å²) in [4.78, 5) is 0. The van der Waals surface area contributed by atoms with Crippen LogP contribution in [0.1, 0.15) is 12.5 Å². The van der Waals surface area contributed by atoms with Gasteiger partial charge in [-0.1, -0.05) is 37.3 Å². The number of aliphatic hydroxyl groups is 1. The Morgan fingerprint density at radius 3 is 2.62 bits per heavy atom. The zero-order chi connectivity index (χ0) is 9.52. The highest BCUT2D eigenvalue weighted by Gasteiger charge is 2.03. The molecule has 0 aromatic heterocycles. The van der Waals surface area contributed by atoms with Crippen LogP contribution in [0.25, 0.3) is 0 Å². The average molecular weight is 196 g/mol. The third-order valence-corrected chi connectivity index (χ3v) is 2.86. The molecule has 0 amide bonds. The van der Waals surface area contributed by atoms with E-state index in [2.05, 4.69) is 19.1 Å². The Balaban J connectivity index is 2.32. The summed E-state index contributed by atoms with van der Waals surface area (Å²) >= 11 is 1.79. The third kappa shape index (κ3) is 4.34. The van der Waals surface area contributed by atoms with Crippen LogP contribution < -0.4 is 0 Å². The number of hydrogen-bond acceptors (Lipinski definition) is 2. The van der Waals surface area contributed by atoms with Crippen molar-refractivity contribution in [1.29, 1.82) is 0 Å². The van der Waals surface area contributed by atoms with Crippen molar-refractivity contribution >= 4 is 11.8 Å². The highest BCUT2D eigenvalue weighted by Crippen LogP contribution is 2.08. The van der Waals surface area contributed by atoms with Crippen molar-refractivity contribution in [1.82, 2.24) is 0 Å². The number of hydrogen-bond donors (Lipinski definition) is 1. The molecule has 1 rings (SSSR count). The minimum Gasteiger partial charge on any atom is -0.392 e. The molecule has 2 heteroatoms. The zero-order valence-electron chi connectivity index (χ0n) is 7.94. The van der Waals surface area contributed by atoms with E-state index in [1.54, 1.807) is 11.8 Å². The Hall–Kier alpha value is -0.470. The van der Waals surface area contributed by atoms with E-state index in [1.807, 2.05) is 18.2 Å². The van der Waals surface area contributed by atoms with Gasteiger partial charge < -0.3 is 5.11 Å². The first-order valence-electron chi connectivity index (χ1n) is 4.62. The van der Waals surface area contributed by atoms with Crippen LogP contribution in [0.4, 0.5) is 0 Å². The van der Waals surface area contributed by atoms with Gasteiger partial charge in [0.25, 0.3) is 0 Å². The Morgan fingerprint density at radius 1 is 1.31 bits per heavy atom. The van der Waals surface area contributed by atoms with Crippen molar-refractivity contribution in [2.45, 2.75) is 19.4 Å². The molecule has 1 unspecified atom stereocenters. The zero-order valence-corrected chi connectivity index (χ0v) is 8.76. The third-order valence-electron chi connectivity index (χ3n) is 1.83. The van der Waals surface area contributed by atoms with Crippen LogP contribution in [0.15, 0.2) is 30.3 Å². The van der Waals surface area contributed by atoms with Gasteiger partial charge in [-0.2, -0.15) is 11.8 Å². The van der Waals surface area contributed by atoms with E-state index in [0.717, 1.165) is 17.9 Å². The molecule has 1 aromatic rings. The molecule has 0 saturated carbocycles. The maximum atomic E-state index is 9.61. The van der Waals surface area contributed by atoms with Gasteiger partial charge in [-0.05, 0) is 17.7 Å². The predicted molar refractivity (Wildman–Crippen MR) is 59.2 cm³/mol. The Bertz CT molecular complexity index is 223. The molecule has 0 aliphatic rings. The summed E-state index contributed by atoms with van der Waals surface area (Å²) in [6.07, 6.45) is 0.570. The van der Waals surface area contributed by atoms with Crippen LogP contribution in [0.3, 0.4) is 0 Å². The Morgan fingerprint density at radius 2 is 2.00 bits per heavy atom. The van der Waals surface area contributed by atoms with Crippen LogP contribution in [0.2, 0.25) is 0 Å². The summed E-state index contributed by atoms with van der Waals surface area (Å²) in [5.74, 6) is 1.91. The molecular formula is C11H16OS. The fraction of sp³-hybridized carbons (Fsp3) is 0.455. The molecule has 0 fully saturated rings. The van der Waals surface area contributed by atoms with Crippen molar-refractivity contribution < 1.29 is 5.11 Å². The molecule has 0 aliphatic heterocycles. The molecule has 0 aliphatic carbocycles. The maximum absolute atomic E-state index is 9.61. The van der Waals surface area contributed by atoms with E-state index in [1.165, 1.54) is 5.56 Å². The van der Waals surface area contributed by atoms with Crippen molar-refractivity contribution in [3.63, 3.8) is 0 Å². The summed E-state index contributed by atoms with van der Waals surface area (Å²) in [5, 5.41) is 9.61. The molecule has 1 nitrogen and oxygen atoms in total. The fourth-order valence-corrected chi connectivity index (χ4v) is 1.82. The first-order valence-corrected chi connectivity index (χ1v) is 5.78. The maximum Gasteiger partial charge on any atom is 0.0670 e. The first-order chi connectivity index (χ1) is 6.33. The van der Waals surface area contributed by atoms with E-state index in [9.17, 15) is 5.11 Å². The molecule has 72 valence electrons. The SMILES string of the molecule is CCSCC(O)Cc1ccccc1. The summed E-state index contributed by atoms with van der Waals surface area (Å²) in [6.45, 7) is 2.11. The number of rotatable bonds is 5. The van der Waals surface area contributed by atoms with Gasteiger partial charge in [0.05, 0.1) is 6.10 Å². The average Bonchev–Trinajstić information content (AvgIpc) is 2.16. The normalized spacial score (nSPS) is 12.8. The number of thioether (sulfide) groups is 1. The van der Waals surface area contributed by atoms with E-state index < -0.39 is 0 Å². The second-order valence-corrected chi connectivity index (χ2v) is 4.32. The largest absolute Gasteiger partial charge is 0.392 e. The van der Waals surface area contributed by atoms with Gasteiger partial charge in [0.1, 0.15) is 0 Å². The minimum absolute atomic E-state index is 0.202. The molecule has 0 spiro atoms. The smallest absolute Gasteiger partial charge is 0.0670 e. The van der Waals surface area contributed by atoms with Crippen molar-refractivity contribution in [3.05, 3.63) is 35.9 Å². The molecule has 0 saturated heterocycles. The quantitative estimate of drug-likeness (QED) is 0.780. The highest BCUT2D eigenvalue weighted by atomic mass is 32.2. The van der Waals surface area contributed by atoms with E-state index in [-0.39, 0.29) is 6.10 Å². The molecule has 1 N–H and O–H groups in total. The topological polar surface area (TPSA) is 20.2 Å². The monoisotopic (exact) mass is 196 g/mol. The van der Waals surface area contributed by atoms with Gasteiger partial charge in [-0.25, -0.2) is 0 Å². The Kier molecular flexibility index (Phi) is 4.94. The lowest BCUT2D eigenvalue weighted by Gasteiger charge is -2.08. The van der Waals surface area contributed by atoms with Gasteiger partial charge in [-0.3, -0.25) is 0 Å². The molecule has 1 atom stereocenters. The summed E-state index contributed by atoms with van der Waals surface area (Å²) in [6, 6.07) is 10.1. The highest BCUT2D eigenvalue weighted by molar-refractivity contribution is 7.99. The Labute approximate surface area is 84.2 Å². The second-order valence-electron chi connectivity index (χ2n) is 3.00. The molecule has 1 aromatic carbocycles. The van der Waals surface area contributed by atoms with E-state index in [4.69, 9.17) is 0 Å². The number of aliphatic hydroxyl groups excluding tert-OH is 1. The molecule has 0 radical (unpaired) electrons. The predicted octanol–water partition coefficient (Wildman–Crippen LogP) is 2.34. The molecule has 13 heavy (non-hydrogen) atoms. The molecule has 0 bridgehead atoms. The van der Waals surface area contributed by atoms with Gasteiger partial charge in [-0.15, -0.1) is 0 Å². The first kappa shape index (κ1) is 10.6. The van der Waals surface area contributed by atoms with Gasteiger partial charge in [0, 0.05) is 5.75 Å².